The summed E-state index contributed by atoms with van der Waals surface area (Å²) in [5.74, 6) is 0.773. The molecular formula is C20H21ClN2O4. The van der Waals surface area contributed by atoms with Crippen LogP contribution in [0.2, 0.25) is 5.02 Å². The minimum atomic E-state index is -0.384. The predicted octanol–water partition coefficient (Wildman–Crippen LogP) is 2.89. The number of amides is 2. The van der Waals surface area contributed by atoms with Gasteiger partial charge in [-0.15, -0.1) is 0 Å². The van der Waals surface area contributed by atoms with Crippen molar-refractivity contribution < 1.29 is 19.1 Å². The highest BCUT2D eigenvalue weighted by Crippen LogP contribution is 2.36. The molecule has 2 aromatic rings. The first-order valence-electron chi connectivity index (χ1n) is 8.56. The van der Waals surface area contributed by atoms with E-state index in [1.807, 2.05) is 32.0 Å². The van der Waals surface area contributed by atoms with E-state index in [0.29, 0.717) is 22.9 Å². The van der Waals surface area contributed by atoms with Gasteiger partial charge in [0.2, 0.25) is 12.7 Å². The third-order valence-electron chi connectivity index (χ3n) is 4.41. The molecule has 0 saturated carbocycles. The Balaban J connectivity index is 1.52. The van der Waals surface area contributed by atoms with E-state index in [2.05, 4.69) is 10.6 Å². The molecule has 7 heteroatoms. The van der Waals surface area contributed by atoms with Crippen LogP contribution in [0.1, 0.15) is 29.8 Å². The van der Waals surface area contributed by atoms with Crippen molar-refractivity contribution in [2.45, 2.75) is 19.3 Å². The van der Waals surface area contributed by atoms with E-state index in [1.165, 1.54) is 0 Å². The summed E-state index contributed by atoms with van der Waals surface area (Å²) in [7, 11) is 0. The minimum Gasteiger partial charge on any atom is -0.454 e. The van der Waals surface area contributed by atoms with Gasteiger partial charge in [-0.05, 0) is 29.8 Å². The number of fused-ring (bicyclic) bond motifs is 1. The van der Waals surface area contributed by atoms with Crippen molar-refractivity contribution in [3.63, 3.8) is 0 Å². The monoisotopic (exact) mass is 388 g/mol. The van der Waals surface area contributed by atoms with Crippen molar-refractivity contribution in [2.75, 3.05) is 19.9 Å². The van der Waals surface area contributed by atoms with Gasteiger partial charge in [-0.25, -0.2) is 0 Å². The fourth-order valence-electron chi connectivity index (χ4n) is 2.70. The van der Waals surface area contributed by atoms with Crippen LogP contribution < -0.4 is 20.1 Å². The molecule has 6 nitrogen and oxygen atoms in total. The summed E-state index contributed by atoms with van der Waals surface area (Å²) in [5.41, 5.74) is 1.04. The third kappa shape index (κ3) is 4.52. The van der Waals surface area contributed by atoms with Crippen LogP contribution in [0.25, 0.3) is 0 Å². The Morgan fingerprint density at radius 2 is 1.81 bits per heavy atom. The molecule has 27 heavy (non-hydrogen) atoms. The average molecular weight is 389 g/mol. The Hall–Kier alpha value is -2.73. The summed E-state index contributed by atoms with van der Waals surface area (Å²) in [5, 5.41) is 5.78. The van der Waals surface area contributed by atoms with Gasteiger partial charge in [-0.1, -0.05) is 43.6 Å². The molecule has 142 valence electrons. The Labute approximate surface area is 162 Å². The van der Waals surface area contributed by atoms with Gasteiger partial charge < -0.3 is 20.1 Å². The van der Waals surface area contributed by atoms with Crippen LogP contribution in [0.3, 0.4) is 0 Å². The molecule has 0 fully saturated rings. The average Bonchev–Trinajstić information content (AvgIpc) is 3.12. The van der Waals surface area contributed by atoms with Gasteiger partial charge in [-0.2, -0.15) is 0 Å². The number of rotatable bonds is 6. The number of halogens is 1. The fraction of sp³-hybridized carbons (Fsp3) is 0.300. The molecule has 0 aliphatic carbocycles. The van der Waals surface area contributed by atoms with Gasteiger partial charge in [0.15, 0.2) is 11.5 Å². The molecule has 1 aliphatic rings. The first-order valence-corrected chi connectivity index (χ1v) is 8.94. The van der Waals surface area contributed by atoms with Crippen molar-refractivity contribution in [1.82, 2.24) is 10.6 Å². The summed E-state index contributed by atoms with van der Waals surface area (Å²) in [6.45, 7) is 4.55. The zero-order valence-electron chi connectivity index (χ0n) is 15.2. The second-order valence-electron chi connectivity index (χ2n) is 6.89. The molecule has 0 atom stereocenters. The minimum absolute atomic E-state index is 0.124. The van der Waals surface area contributed by atoms with E-state index in [9.17, 15) is 9.59 Å². The Kier molecular flexibility index (Phi) is 5.56. The molecule has 0 bridgehead atoms. The maximum Gasteiger partial charge on any atom is 0.253 e. The highest BCUT2D eigenvalue weighted by atomic mass is 35.5. The quantitative estimate of drug-likeness (QED) is 0.797. The van der Waals surface area contributed by atoms with E-state index in [1.54, 1.807) is 24.3 Å². The van der Waals surface area contributed by atoms with Crippen LogP contribution in [0.15, 0.2) is 42.5 Å². The topological polar surface area (TPSA) is 76.7 Å². The van der Waals surface area contributed by atoms with Gasteiger partial charge in [0.25, 0.3) is 5.91 Å². The number of benzene rings is 2. The largest absolute Gasteiger partial charge is 0.454 e. The molecular weight excluding hydrogens is 368 g/mol. The number of nitrogens with one attached hydrogen (secondary N) is 2. The normalized spacial score (nSPS) is 12.6. The zero-order chi connectivity index (χ0) is 19.4. The Bertz CT molecular complexity index is 867. The van der Waals surface area contributed by atoms with Gasteiger partial charge in [-0.3, -0.25) is 9.59 Å². The molecule has 1 aliphatic heterocycles. The Morgan fingerprint density at radius 1 is 1.07 bits per heavy atom. The Morgan fingerprint density at radius 3 is 2.59 bits per heavy atom. The van der Waals surface area contributed by atoms with E-state index < -0.39 is 0 Å². The smallest absolute Gasteiger partial charge is 0.253 e. The van der Waals surface area contributed by atoms with Gasteiger partial charge in [0.05, 0.1) is 17.1 Å². The molecule has 0 aromatic heterocycles. The lowest BCUT2D eigenvalue weighted by Crippen LogP contribution is -2.42. The van der Waals surface area contributed by atoms with Crippen LogP contribution in [0.5, 0.6) is 11.5 Å². The van der Waals surface area contributed by atoms with Crippen molar-refractivity contribution in [3.05, 3.63) is 58.6 Å². The van der Waals surface area contributed by atoms with E-state index in [0.717, 1.165) is 11.3 Å². The first kappa shape index (κ1) is 19.0. The van der Waals surface area contributed by atoms with E-state index in [-0.39, 0.29) is 30.6 Å². The lowest BCUT2D eigenvalue weighted by molar-refractivity contribution is -0.120. The van der Waals surface area contributed by atoms with Crippen LogP contribution >= 0.6 is 11.6 Å². The van der Waals surface area contributed by atoms with Crippen LogP contribution in [0, 0.1) is 0 Å². The molecule has 0 unspecified atom stereocenters. The number of carbonyl (C=O) groups is 2. The molecule has 2 N–H and O–H groups in total. The maximum absolute atomic E-state index is 12.1. The van der Waals surface area contributed by atoms with Gasteiger partial charge >= 0.3 is 0 Å². The molecule has 1 heterocycles. The lowest BCUT2D eigenvalue weighted by Gasteiger charge is -2.26. The van der Waals surface area contributed by atoms with Crippen LogP contribution in [-0.2, 0) is 10.2 Å². The number of hydrogen-bond acceptors (Lipinski definition) is 4. The lowest BCUT2D eigenvalue weighted by atomic mass is 9.84. The summed E-state index contributed by atoms with van der Waals surface area (Å²) in [6.07, 6.45) is 0. The molecule has 2 amide bonds. The number of carbonyl (C=O) groups excluding carboxylic acids is 2. The molecule has 0 saturated heterocycles. The van der Waals surface area contributed by atoms with E-state index >= 15 is 0 Å². The third-order valence-corrected chi connectivity index (χ3v) is 4.74. The molecule has 0 radical (unpaired) electrons. The van der Waals surface area contributed by atoms with Crippen molar-refractivity contribution in [1.29, 1.82) is 0 Å². The highest BCUT2D eigenvalue weighted by Gasteiger charge is 2.24. The van der Waals surface area contributed by atoms with Crippen molar-refractivity contribution in [2.24, 2.45) is 0 Å². The first-order chi connectivity index (χ1) is 12.9. The standard InChI is InChI=1S/C20H21ClN2O4/c1-20(2,13-7-8-16-17(9-13)27-12-26-16)11-23-18(24)10-22-19(25)14-5-3-4-6-15(14)21/h3-9H,10-12H2,1-2H3,(H,22,25)(H,23,24). The second-order valence-corrected chi connectivity index (χ2v) is 7.30. The molecule has 3 rings (SSSR count). The number of hydrogen-bond donors (Lipinski definition) is 2. The SMILES string of the molecule is CC(C)(CNC(=O)CNC(=O)c1ccccc1Cl)c1ccc2c(c1)OCO2. The highest BCUT2D eigenvalue weighted by molar-refractivity contribution is 6.33. The predicted molar refractivity (Wildman–Crippen MR) is 102 cm³/mol. The summed E-state index contributed by atoms with van der Waals surface area (Å²) in [4.78, 5) is 24.2. The van der Waals surface area contributed by atoms with Gasteiger partial charge in [0.1, 0.15) is 0 Å². The zero-order valence-corrected chi connectivity index (χ0v) is 15.9. The fourth-order valence-corrected chi connectivity index (χ4v) is 2.92. The molecule has 0 spiro atoms. The summed E-state index contributed by atoms with van der Waals surface area (Å²) < 4.78 is 10.7. The second kappa shape index (κ2) is 7.88. The molecule has 2 aromatic carbocycles. The summed E-state index contributed by atoms with van der Waals surface area (Å²) >= 11 is 5.98. The van der Waals surface area contributed by atoms with Crippen molar-refractivity contribution >= 4 is 23.4 Å². The van der Waals surface area contributed by atoms with E-state index in [4.69, 9.17) is 21.1 Å². The van der Waals surface area contributed by atoms with Crippen LogP contribution in [-0.4, -0.2) is 31.7 Å². The number of ether oxygens (including phenoxy) is 2. The van der Waals surface area contributed by atoms with Gasteiger partial charge in [0, 0.05) is 12.0 Å². The summed E-state index contributed by atoms with van der Waals surface area (Å²) in [6, 6.07) is 12.4. The maximum atomic E-state index is 12.1. The van der Waals surface area contributed by atoms with Crippen LogP contribution in [0.4, 0.5) is 0 Å². The van der Waals surface area contributed by atoms with Crippen molar-refractivity contribution in [3.8, 4) is 11.5 Å².